The van der Waals surface area contributed by atoms with Gasteiger partial charge >= 0.3 is 0 Å². The molecule has 1 amide bonds. The molecule has 0 saturated carbocycles. The topological polar surface area (TPSA) is 128 Å². The van der Waals surface area contributed by atoms with E-state index in [1.54, 1.807) is 6.07 Å². The van der Waals surface area contributed by atoms with E-state index in [-0.39, 0.29) is 23.2 Å². The van der Waals surface area contributed by atoms with Gasteiger partial charge in [0.15, 0.2) is 4.96 Å². The maximum Gasteiger partial charge on any atom is 0.264 e. The van der Waals surface area contributed by atoms with Crippen molar-refractivity contribution in [1.82, 2.24) is 19.4 Å². The van der Waals surface area contributed by atoms with E-state index in [2.05, 4.69) is 25.0 Å². The molecule has 0 saturated heterocycles. The average Bonchev–Trinajstić information content (AvgIpc) is 3.47. The molecule has 0 unspecified atom stereocenters. The molecule has 0 fully saturated rings. The Balaban J connectivity index is 1.24. The lowest BCUT2D eigenvalue weighted by Gasteiger charge is -2.08. The Hall–Kier alpha value is -4.29. The van der Waals surface area contributed by atoms with Crippen molar-refractivity contribution in [2.75, 3.05) is 16.6 Å². The van der Waals surface area contributed by atoms with E-state index in [1.807, 2.05) is 47.2 Å². The summed E-state index contributed by atoms with van der Waals surface area (Å²) in [6.07, 6.45) is 4.92. The van der Waals surface area contributed by atoms with Crippen LogP contribution >= 0.6 is 11.3 Å². The Kier molecular flexibility index (Phi) is 6.84. The first-order valence-corrected chi connectivity index (χ1v) is 13.7. The zero-order valence-corrected chi connectivity index (χ0v) is 21.3. The zero-order valence-electron chi connectivity index (χ0n) is 19.7. The van der Waals surface area contributed by atoms with E-state index in [1.165, 1.54) is 48.0 Å². The maximum atomic E-state index is 12.7. The number of benzene rings is 2. The van der Waals surface area contributed by atoms with Gasteiger partial charge in [-0.25, -0.2) is 28.1 Å². The number of anilines is 2. The van der Waals surface area contributed by atoms with Crippen LogP contribution in [0.1, 0.15) is 12.6 Å². The number of hydrogen-bond acceptors (Lipinski definition) is 8. The number of nitrogens with zero attached hydrogens (tertiary/aromatic N) is 4. The van der Waals surface area contributed by atoms with Crippen LogP contribution < -0.4 is 14.8 Å². The smallest absolute Gasteiger partial charge is 0.264 e. The second kappa shape index (κ2) is 10.4. The lowest BCUT2D eigenvalue weighted by atomic mass is 10.1. The Morgan fingerprint density at radius 3 is 2.49 bits per heavy atom. The second-order valence-electron chi connectivity index (χ2n) is 7.89. The van der Waals surface area contributed by atoms with Crippen LogP contribution in [0.5, 0.6) is 5.75 Å². The molecule has 188 valence electrons. The summed E-state index contributed by atoms with van der Waals surface area (Å²) in [5, 5.41) is 4.71. The Morgan fingerprint density at radius 2 is 1.78 bits per heavy atom. The summed E-state index contributed by atoms with van der Waals surface area (Å²) in [6, 6.07) is 15.2. The standard InChI is InChI=1S/C25H22N6O4S2/c1-2-35-20-8-4-17(5-9-20)22-15-31-19(16-36-25(31)29-22)14-23(32)28-18-6-10-21(11-7-18)37(33,34)30-24-26-12-3-13-27-24/h3-13,15-16H,2,14H2,1H3,(H,28,32)(H,26,27,30). The third-order valence-electron chi connectivity index (χ3n) is 5.33. The molecule has 0 aliphatic heterocycles. The minimum Gasteiger partial charge on any atom is -0.494 e. The molecule has 12 heteroatoms. The van der Waals surface area contributed by atoms with Crippen molar-refractivity contribution in [3.05, 3.63) is 84.3 Å². The lowest BCUT2D eigenvalue weighted by Crippen LogP contribution is -2.16. The normalized spacial score (nSPS) is 11.4. The molecule has 0 aliphatic rings. The van der Waals surface area contributed by atoms with Gasteiger partial charge in [-0.2, -0.15) is 0 Å². The van der Waals surface area contributed by atoms with E-state index in [0.717, 1.165) is 27.7 Å². The highest BCUT2D eigenvalue weighted by atomic mass is 32.2. The molecule has 10 nitrogen and oxygen atoms in total. The van der Waals surface area contributed by atoms with Gasteiger partial charge in [0.1, 0.15) is 5.75 Å². The summed E-state index contributed by atoms with van der Waals surface area (Å²) in [6.45, 7) is 2.55. The molecular formula is C25H22N6O4S2. The number of carbonyl (C=O) groups is 1. The number of fused-ring (bicyclic) bond motifs is 1. The number of ether oxygens (including phenoxy) is 1. The number of nitrogens with one attached hydrogen (secondary N) is 2. The van der Waals surface area contributed by atoms with E-state index in [0.29, 0.717) is 12.3 Å². The van der Waals surface area contributed by atoms with Gasteiger partial charge in [0.25, 0.3) is 10.0 Å². The molecule has 0 radical (unpaired) electrons. The summed E-state index contributed by atoms with van der Waals surface area (Å²) in [5.74, 6) is 0.548. The fourth-order valence-corrected chi connectivity index (χ4v) is 5.43. The summed E-state index contributed by atoms with van der Waals surface area (Å²) < 4.78 is 34.8. The average molecular weight is 535 g/mol. The third-order valence-corrected chi connectivity index (χ3v) is 7.56. The number of thiazole rings is 1. The van der Waals surface area contributed by atoms with Gasteiger partial charge in [-0.15, -0.1) is 11.3 Å². The first-order valence-electron chi connectivity index (χ1n) is 11.3. The van der Waals surface area contributed by atoms with Crippen LogP contribution in [0.15, 0.2) is 83.5 Å². The molecule has 2 aromatic carbocycles. The number of rotatable bonds is 9. The SMILES string of the molecule is CCOc1ccc(-c2cn3c(CC(=O)Nc4ccc(S(=O)(=O)Nc5ncccn5)cc4)csc3n2)cc1. The van der Waals surface area contributed by atoms with Crippen LogP contribution in [0.2, 0.25) is 0 Å². The Bertz CT molecular complexity index is 1630. The molecule has 37 heavy (non-hydrogen) atoms. The summed E-state index contributed by atoms with van der Waals surface area (Å²) in [5.41, 5.74) is 3.04. The first kappa shape index (κ1) is 24.4. The van der Waals surface area contributed by atoms with Gasteiger partial charge in [-0.1, -0.05) is 0 Å². The van der Waals surface area contributed by atoms with Crippen molar-refractivity contribution in [2.24, 2.45) is 0 Å². The molecule has 0 spiro atoms. The molecule has 0 atom stereocenters. The summed E-state index contributed by atoms with van der Waals surface area (Å²) in [7, 11) is -3.85. The van der Waals surface area contributed by atoms with Crippen molar-refractivity contribution in [1.29, 1.82) is 0 Å². The van der Waals surface area contributed by atoms with E-state index >= 15 is 0 Å². The van der Waals surface area contributed by atoms with Crippen LogP contribution in [-0.4, -0.2) is 40.3 Å². The molecule has 3 aromatic heterocycles. The fourth-order valence-electron chi connectivity index (χ4n) is 3.60. The summed E-state index contributed by atoms with van der Waals surface area (Å²) >= 11 is 1.46. The number of sulfonamides is 1. The predicted octanol–water partition coefficient (Wildman–Crippen LogP) is 4.23. The van der Waals surface area contributed by atoms with Crippen LogP contribution in [0.25, 0.3) is 16.2 Å². The van der Waals surface area contributed by atoms with Gasteiger partial charge in [0, 0.05) is 40.9 Å². The first-order chi connectivity index (χ1) is 17.9. The highest BCUT2D eigenvalue weighted by Crippen LogP contribution is 2.26. The highest BCUT2D eigenvalue weighted by Gasteiger charge is 2.16. The molecule has 3 heterocycles. The van der Waals surface area contributed by atoms with Crippen molar-refractivity contribution in [3.8, 4) is 17.0 Å². The quantitative estimate of drug-likeness (QED) is 0.290. The molecule has 5 aromatic rings. The van der Waals surface area contributed by atoms with Crippen LogP contribution in [-0.2, 0) is 21.2 Å². The van der Waals surface area contributed by atoms with Gasteiger partial charge in [-0.05, 0) is 61.5 Å². The maximum absolute atomic E-state index is 12.7. The van der Waals surface area contributed by atoms with Crippen molar-refractivity contribution >= 4 is 43.9 Å². The molecule has 0 bridgehead atoms. The van der Waals surface area contributed by atoms with Crippen molar-refractivity contribution in [3.63, 3.8) is 0 Å². The number of amides is 1. The predicted molar refractivity (Wildman–Crippen MR) is 141 cm³/mol. The number of aromatic nitrogens is 4. The Labute approximate surface area is 217 Å². The minimum atomic E-state index is -3.85. The van der Waals surface area contributed by atoms with E-state index < -0.39 is 10.0 Å². The van der Waals surface area contributed by atoms with Gasteiger partial charge < -0.3 is 10.1 Å². The highest BCUT2D eigenvalue weighted by molar-refractivity contribution is 7.92. The summed E-state index contributed by atoms with van der Waals surface area (Å²) in [4.78, 5) is 25.9. The Morgan fingerprint density at radius 1 is 1.05 bits per heavy atom. The van der Waals surface area contributed by atoms with Crippen LogP contribution in [0, 0.1) is 0 Å². The van der Waals surface area contributed by atoms with Gasteiger partial charge in [0.2, 0.25) is 11.9 Å². The van der Waals surface area contributed by atoms with Crippen LogP contribution in [0.4, 0.5) is 11.6 Å². The second-order valence-corrected chi connectivity index (χ2v) is 10.4. The molecule has 0 aliphatic carbocycles. The third kappa shape index (κ3) is 5.60. The largest absolute Gasteiger partial charge is 0.494 e. The number of hydrogen-bond donors (Lipinski definition) is 2. The van der Waals surface area contributed by atoms with E-state index in [4.69, 9.17) is 4.74 Å². The van der Waals surface area contributed by atoms with Gasteiger partial charge in [-0.3, -0.25) is 9.20 Å². The van der Waals surface area contributed by atoms with Gasteiger partial charge in [0.05, 0.1) is 23.6 Å². The monoisotopic (exact) mass is 534 g/mol. The number of imidazole rings is 1. The van der Waals surface area contributed by atoms with E-state index in [9.17, 15) is 13.2 Å². The lowest BCUT2D eigenvalue weighted by molar-refractivity contribution is -0.115. The molecular weight excluding hydrogens is 512 g/mol. The minimum absolute atomic E-state index is 0.0212. The van der Waals surface area contributed by atoms with Crippen molar-refractivity contribution in [2.45, 2.75) is 18.2 Å². The van der Waals surface area contributed by atoms with Crippen LogP contribution in [0.3, 0.4) is 0 Å². The molecule has 2 N–H and O–H groups in total. The zero-order chi connectivity index (χ0) is 25.8. The number of carbonyl (C=O) groups excluding carboxylic acids is 1. The molecule has 5 rings (SSSR count). The van der Waals surface area contributed by atoms with Crippen molar-refractivity contribution < 1.29 is 17.9 Å². The fraction of sp³-hybridized carbons (Fsp3) is 0.120.